The lowest BCUT2D eigenvalue weighted by Gasteiger charge is -2.23. The van der Waals surface area contributed by atoms with E-state index in [0.717, 1.165) is 6.42 Å². The molecule has 172 valence electrons. The van der Waals surface area contributed by atoms with Crippen molar-refractivity contribution < 1.29 is 32.2 Å². The minimum Gasteiger partial charge on any atom is -0.490 e. The number of ether oxygens (including phenoxy) is 4. The van der Waals surface area contributed by atoms with Crippen molar-refractivity contribution in [3.8, 4) is 23.0 Å². The van der Waals surface area contributed by atoms with Crippen molar-refractivity contribution in [2.45, 2.75) is 31.2 Å². The molecule has 2 heterocycles. The van der Waals surface area contributed by atoms with Gasteiger partial charge in [-0.2, -0.15) is 4.72 Å². The second kappa shape index (κ2) is 9.25. The van der Waals surface area contributed by atoms with E-state index in [1.807, 2.05) is 0 Å². The lowest BCUT2D eigenvalue weighted by Crippen LogP contribution is -2.47. The van der Waals surface area contributed by atoms with Crippen LogP contribution >= 0.6 is 0 Å². The minimum absolute atomic E-state index is 0.00391. The number of carbonyl (C=O) groups is 1. The van der Waals surface area contributed by atoms with Crippen LogP contribution in [-0.2, 0) is 14.8 Å². The van der Waals surface area contributed by atoms with Gasteiger partial charge in [0.15, 0.2) is 23.0 Å². The SMILES string of the molecule is CC(C)[C@H](NS(=O)(=O)c1ccc2c(c1)OCCO2)C(=O)Nc1ccc2c(c1)OCCCO2. The fraction of sp³-hybridized carbons (Fsp3) is 0.409. The van der Waals surface area contributed by atoms with E-state index in [-0.39, 0.29) is 10.8 Å². The molecule has 0 fully saturated rings. The van der Waals surface area contributed by atoms with Crippen LogP contribution < -0.4 is 29.0 Å². The number of nitrogens with one attached hydrogen (secondary N) is 2. The van der Waals surface area contributed by atoms with Gasteiger partial charge in [-0.3, -0.25) is 4.79 Å². The van der Waals surface area contributed by atoms with Crippen LogP contribution in [0.4, 0.5) is 5.69 Å². The lowest BCUT2D eigenvalue weighted by molar-refractivity contribution is -0.118. The van der Waals surface area contributed by atoms with Crippen LogP contribution in [0, 0.1) is 5.92 Å². The maximum Gasteiger partial charge on any atom is 0.242 e. The quantitative estimate of drug-likeness (QED) is 0.678. The van der Waals surface area contributed by atoms with Crippen molar-refractivity contribution in [2.24, 2.45) is 5.92 Å². The molecule has 0 aromatic heterocycles. The maximum absolute atomic E-state index is 13.0. The number of sulfonamides is 1. The van der Waals surface area contributed by atoms with Crippen molar-refractivity contribution in [2.75, 3.05) is 31.7 Å². The molecule has 0 saturated carbocycles. The average molecular weight is 463 g/mol. The highest BCUT2D eigenvalue weighted by Gasteiger charge is 2.29. The van der Waals surface area contributed by atoms with Gasteiger partial charge < -0.3 is 24.3 Å². The summed E-state index contributed by atoms with van der Waals surface area (Å²) in [5.41, 5.74) is 0.489. The molecule has 2 N–H and O–H groups in total. The van der Waals surface area contributed by atoms with E-state index >= 15 is 0 Å². The van der Waals surface area contributed by atoms with Crippen molar-refractivity contribution >= 4 is 21.6 Å². The first kappa shape index (κ1) is 22.2. The number of fused-ring (bicyclic) bond motifs is 2. The first-order chi connectivity index (χ1) is 15.3. The van der Waals surface area contributed by atoms with Crippen LogP contribution in [0.25, 0.3) is 0 Å². The summed E-state index contributed by atoms with van der Waals surface area (Å²) in [6.45, 7) is 5.38. The zero-order valence-corrected chi connectivity index (χ0v) is 18.7. The normalized spacial score (nSPS) is 16.2. The molecule has 0 radical (unpaired) electrons. The average Bonchev–Trinajstić information content (AvgIpc) is 3.02. The molecule has 2 aromatic carbocycles. The second-order valence-corrected chi connectivity index (χ2v) is 9.56. The number of benzene rings is 2. The first-order valence-corrected chi connectivity index (χ1v) is 11.9. The fourth-order valence-electron chi connectivity index (χ4n) is 3.38. The Bertz CT molecular complexity index is 1100. The summed E-state index contributed by atoms with van der Waals surface area (Å²) in [5.74, 6) is 1.22. The van der Waals surface area contributed by atoms with Gasteiger partial charge in [0.25, 0.3) is 0 Å². The van der Waals surface area contributed by atoms with Gasteiger partial charge in [0.2, 0.25) is 15.9 Å². The van der Waals surface area contributed by atoms with Crippen molar-refractivity contribution in [1.82, 2.24) is 4.72 Å². The summed E-state index contributed by atoms with van der Waals surface area (Å²) in [6.07, 6.45) is 0.771. The van der Waals surface area contributed by atoms with Gasteiger partial charge in [-0.05, 0) is 30.2 Å². The molecule has 0 aliphatic carbocycles. The standard InChI is InChI=1S/C22H26N2O7S/c1-14(2)21(22(25)23-15-4-6-17-19(12-15)29-9-3-8-28-17)24-32(26,27)16-5-7-18-20(13-16)31-11-10-30-18/h4-7,12-14,21,24H,3,8-11H2,1-2H3,(H,23,25)/t21-/m0/s1. The monoisotopic (exact) mass is 462 g/mol. The largest absolute Gasteiger partial charge is 0.490 e. The van der Waals surface area contributed by atoms with Gasteiger partial charge in [-0.15, -0.1) is 0 Å². The summed E-state index contributed by atoms with van der Waals surface area (Å²) in [4.78, 5) is 13.0. The summed E-state index contributed by atoms with van der Waals surface area (Å²) >= 11 is 0. The molecular weight excluding hydrogens is 436 g/mol. The maximum atomic E-state index is 13.0. The third kappa shape index (κ3) is 4.91. The van der Waals surface area contributed by atoms with Gasteiger partial charge in [0.05, 0.1) is 18.1 Å². The number of carbonyl (C=O) groups excluding carboxylic acids is 1. The van der Waals surface area contributed by atoms with E-state index in [4.69, 9.17) is 18.9 Å². The van der Waals surface area contributed by atoms with Gasteiger partial charge in [0.1, 0.15) is 19.3 Å². The van der Waals surface area contributed by atoms with Gasteiger partial charge in [-0.25, -0.2) is 8.42 Å². The van der Waals surface area contributed by atoms with Gasteiger partial charge >= 0.3 is 0 Å². The third-order valence-corrected chi connectivity index (χ3v) is 6.51. The van der Waals surface area contributed by atoms with E-state index in [2.05, 4.69) is 10.0 Å². The Balaban J connectivity index is 1.51. The van der Waals surface area contributed by atoms with Gasteiger partial charge in [-0.1, -0.05) is 13.8 Å². The highest BCUT2D eigenvalue weighted by molar-refractivity contribution is 7.89. The Morgan fingerprint density at radius 3 is 2.16 bits per heavy atom. The van der Waals surface area contributed by atoms with Crippen molar-refractivity contribution in [3.05, 3.63) is 36.4 Å². The van der Waals surface area contributed by atoms with Crippen LogP contribution in [-0.4, -0.2) is 46.8 Å². The van der Waals surface area contributed by atoms with E-state index in [0.29, 0.717) is 55.1 Å². The Hall–Kier alpha value is -2.98. The van der Waals surface area contributed by atoms with Gasteiger partial charge in [0, 0.05) is 24.2 Å². The highest BCUT2D eigenvalue weighted by Crippen LogP contribution is 2.33. The van der Waals surface area contributed by atoms with Crippen LogP contribution in [0.5, 0.6) is 23.0 Å². The van der Waals surface area contributed by atoms with Crippen molar-refractivity contribution in [1.29, 1.82) is 0 Å². The van der Waals surface area contributed by atoms with E-state index in [9.17, 15) is 13.2 Å². The Labute approximate surface area is 187 Å². The van der Waals surface area contributed by atoms with Crippen molar-refractivity contribution in [3.63, 3.8) is 0 Å². The number of amides is 1. The molecular formula is C22H26N2O7S. The van der Waals surface area contributed by atoms with E-state index in [1.165, 1.54) is 12.1 Å². The third-order valence-electron chi connectivity index (χ3n) is 5.07. The summed E-state index contributed by atoms with van der Waals surface area (Å²) in [7, 11) is -3.99. The molecule has 0 bridgehead atoms. The zero-order valence-electron chi connectivity index (χ0n) is 17.9. The van der Waals surface area contributed by atoms with Crippen LogP contribution in [0.15, 0.2) is 41.3 Å². The fourth-order valence-corrected chi connectivity index (χ4v) is 4.74. The summed E-state index contributed by atoms with van der Waals surface area (Å²) in [5, 5.41) is 2.77. The number of hydrogen-bond acceptors (Lipinski definition) is 7. The zero-order chi connectivity index (χ0) is 22.7. The molecule has 32 heavy (non-hydrogen) atoms. The Morgan fingerprint density at radius 2 is 1.44 bits per heavy atom. The molecule has 0 saturated heterocycles. The Kier molecular flexibility index (Phi) is 6.43. The summed E-state index contributed by atoms with van der Waals surface area (Å²) in [6, 6.07) is 8.46. The molecule has 0 spiro atoms. The number of hydrogen-bond donors (Lipinski definition) is 2. The molecule has 0 unspecified atom stereocenters. The predicted molar refractivity (Wildman–Crippen MR) is 117 cm³/mol. The molecule has 2 aromatic rings. The molecule has 10 heteroatoms. The number of anilines is 1. The predicted octanol–water partition coefficient (Wildman–Crippen LogP) is 2.56. The number of rotatable bonds is 6. The molecule has 4 rings (SSSR count). The lowest BCUT2D eigenvalue weighted by atomic mass is 10.0. The molecule has 2 aliphatic heterocycles. The summed E-state index contributed by atoms with van der Waals surface area (Å²) < 4.78 is 50.7. The molecule has 1 atom stereocenters. The van der Waals surface area contributed by atoms with Crippen LogP contribution in [0.2, 0.25) is 0 Å². The Morgan fingerprint density at radius 1 is 0.844 bits per heavy atom. The van der Waals surface area contributed by atoms with Crippen LogP contribution in [0.3, 0.4) is 0 Å². The topological polar surface area (TPSA) is 112 Å². The molecule has 1 amide bonds. The second-order valence-electron chi connectivity index (χ2n) is 7.85. The van der Waals surface area contributed by atoms with E-state index in [1.54, 1.807) is 38.1 Å². The highest BCUT2D eigenvalue weighted by atomic mass is 32.2. The van der Waals surface area contributed by atoms with Crippen LogP contribution in [0.1, 0.15) is 20.3 Å². The first-order valence-electron chi connectivity index (χ1n) is 10.5. The van der Waals surface area contributed by atoms with E-state index < -0.39 is 22.0 Å². The molecule has 2 aliphatic rings. The molecule has 9 nitrogen and oxygen atoms in total. The minimum atomic E-state index is -3.99. The smallest absolute Gasteiger partial charge is 0.242 e.